The van der Waals surface area contributed by atoms with Crippen LogP contribution in [-0.2, 0) is 23.9 Å². The zero-order chi connectivity index (χ0) is 16.4. The van der Waals surface area contributed by atoms with Crippen molar-refractivity contribution in [2.45, 2.75) is 58.0 Å². The number of esters is 1. The summed E-state index contributed by atoms with van der Waals surface area (Å²) in [6, 6.07) is 0. The number of Topliss-reactive ketones (excluding diaryl/α,β-unsaturated/α-hetero) is 1. The lowest BCUT2D eigenvalue weighted by atomic mass is 9.87. The van der Waals surface area contributed by atoms with Crippen molar-refractivity contribution in [3.05, 3.63) is 23.8 Å². The fraction of sp³-hybridized carbons (Fsp3) is 0.588. The van der Waals surface area contributed by atoms with Crippen molar-refractivity contribution in [1.29, 1.82) is 0 Å². The third-order valence-corrected chi connectivity index (χ3v) is 3.59. The van der Waals surface area contributed by atoms with Gasteiger partial charge in [0.1, 0.15) is 0 Å². The molecular weight excluding hydrogens is 284 g/mol. The van der Waals surface area contributed by atoms with Crippen LogP contribution >= 0.6 is 0 Å². The molecule has 0 spiro atoms. The number of ether oxygens (including phenoxy) is 2. The first-order valence-corrected chi connectivity index (χ1v) is 7.67. The van der Waals surface area contributed by atoms with E-state index < -0.39 is 11.6 Å². The highest BCUT2D eigenvalue weighted by atomic mass is 16.6. The molecule has 1 unspecified atom stereocenters. The van der Waals surface area contributed by atoms with E-state index in [0.717, 1.165) is 32.1 Å². The lowest BCUT2D eigenvalue weighted by Gasteiger charge is -2.27. The molecule has 1 rings (SSSR count). The van der Waals surface area contributed by atoms with E-state index in [0.29, 0.717) is 25.1 Å². The Hall–Kier alpha value is -1.91. The molecule has 1 aliphatic carbocycles. The van der Waals surface area contributed by atoms with Gasteiger partial charge in [-0.3, -0.25) is 14.4 Å². The number of unbranched alkanes of at least 4 members (excludes halogenated alkanes) is 4. The minimum Gasteiger partial charge on any atom is -0.468 e. The summed E-state index contributed by atoms with van der Waals surface area (Å²) in [7, 11) is 0. The van der Waals surface area contributed by atoms with E-state index in [9.17, 15) is 14.4 Å². The van der Waals surface area contributed by atoms with Crippen LogP contribution < -0.4 is 0 Å². The van der Waals surface area contributed by atoms with E-state index in [1.807, 2.05) is 0 Å². The standard InChI is InChI=1S/C17H24O5/c1-14(19)22-17(2)11-8-10-15(16(17)20)9-6-4-3-5-7-12-21-13-18/h8,10-11,13H,3-7,9,12H2,1-2H3. The van der Waals surface area contributed by atoms with Crippen molar-refractivity contribution in [3.63, 3.8) is 0 Å². The maximum absolute atomic E-state index is 12.4. The lowest BCUT2D eigenvalue weighted by Crippen LogP contribution is -2.40. The number of hydrogen-bond acceptors (Lipinski definition) is 5. The maximum atomic E-state index is 12.4. The first-order valence-electron chi connectivity index (χ1n) is 7.67. The monoisotopic (exact) mass is 308 g/mol. The Morgan fingerprint density at radius 3 is 2.59 bits per heavy atom. The highest BCUT2D eigenvalue weighted by Crippen LogP contribution is 2.26. The molecule has 0 saturated heterocycles. The quantitative estimate of drug-likeness (QED) is 0.352. The molecule has 0 amide bonds. The van der Waals surface area contributed by atoms with E-state index >= 15 is 0 Å². The minimum absolute atomic E-state index is 0.135. The van der Waals surface area contributed by atoms with Crippen LogP contribution in [0.1, 0.15) is 52.4 Å². The van der Waals surface area contributed by atoms with Crippen LogP contribution in [0.15, 0.2) is 23.8 Å². The molecule has 0 heterocycles. The smallest absolute Gasteiger partial charge is 0.303 e. The Bertz CT molecular complexity index is 464. The van der Waals surface area contributed by atoms with E-state index in [-0.39, 0.29) is 5.78 Å². The fourth-order valence-corrected chi connectivity index (χ4v) is 2.47. The third-order valence-electron chi connectivity index (χ3n) is 3.59. The van der Waals surface area contributed by atoms with Gasteiger partial charge >= 0.3 is 5.97 Å². The van der Waals surface area contributed by atoms with Crippen molar-refractivity contribution in [3.8, 4) is 0 Å². The van der Waals surface area contributed by atoms with Gasteiger partial charge in [-0.05, 0) is 37.8 Å². The largest absolute Gasteiger partial charge is 0.468 e. The van der Waals surface area contributed by atoms with Gasteiger partial charge in [0, 0.05) is 6.92 Å². The van der Waals surface area contributed by atoms with Gasteiger partial charge in [0.2, 0.25) is 5.78 Å². The second kappa shape index (κ2) is 9.18. The minimum atomic E-state index is -1.16. The second-order valence-electron chi connectivity index (χ2n) is 5.57. The van der Waals surface area contributed by atoms with Gasteiger partial charge in [0.15, 0.2) is 5.60 Å². The number of ketones is 1. The number of carbonyl (C=O) groups is 3. The van der Waals surface area contributed by atoms with Gasteiger partial charge in [-0.15, -0.1) is 0 Å². The number of hydrogen-bond donors (Lipinski definition) is 0. The van der Waals surface area contributed by atoms with E-state index in [1.165, 1.54) is 6.92 Å². The molecule has 0 saturated carbocycles. The van der Waals surface area contributed by atoms with Crippen molar-refractivity contribution in [2.75, 3.05) is 6.61 Å². The molecule has 1 aliphatic rings. The van der Waals surface area contributed by atoms with Crippen LogP contribution in [0, 0.1) is 0 Å². The number of allylic oxidation sites excluding steroid dienone is 2. The first kappa shape index (κ1) is 18.1. The summed E-state index contributed by atoms with van der Waals surface area (Å²) < 4.78 is 9.77. The molecule has 1 atom stereocenters. The fourth-order valence-electron chi connectivity index (χ4n) is 2.47. The molecule has 0 radical (unpaired) electrons. The molecule has 0 bridgehead atoms. The summed E-state index contributed by atoms with van der Waals surface area (Å²) in [6.45, 7) is 3.86. The molecule has 122 valence electrons. The molecule has 0 aliphatic heterocycles. The Kier molecular flexibility index (Phi) is 7.57. The zero-order valence-corrected chi connectivity index (χ0v) is 13.3. The molecule has 0 N–H and O–H groups in total. The van der Waals surface area contributed by atoms with Crippen LogP contribution in [0.2, 0.25) is 0 Å². The van der Waals surface area contributed by atoms with Gasteiger partial charge in [-0.1, -0.05) is 31.4 Å². The average Bonchev–Trinajstić information content (AvgIpc) is 2.45. The van der Waals surface area contributed by atoms with Crippen LogP contribution in [0.5, 0.6) is 0 Å². The Morgan fingerprint density at radius 1 is 1.23 bits per heavy atom. The summed E-state index contributed by atoms with van der Waals surface area (Å²) in [4.78, 5) is 33.5. The molecule has 0 fully saturated rings. The number of rotatable bonds is 10. The van der Waals surface area contributed by atoms with Gasteiger partial charge in [-0.2, -0.15) is 0 Å². The van der Waals surface area contributed by atoms with Crippen LogP contribution in [0.4, 0.5) is 0 Å². The summed E-state index contributed by atoms with van der Waals surface area (Å²) in [5, 5.41) is 0. The Morgan fingerprint density at radius 2 is 1.91 bits per heavy atom. The SMILES string of the molecule is CC(=O)OC1(C)C=CC=C(CCCCCCCOC=O)C1=O. The van der Waals surface area contributed by atoms with Crippen molar-refractivity contribution >= 4 is 18.2 Å². The molecule has 0 aromatic rings. The summed E-state index contributed by atoms with van der Waals surface area (Å²) in [6.07, 6.45) is 10.7. The predicted octanol–water partition coefficient (Wildman–Crippen LogP) is 2.89. The Labute approximate surface area is 131 Å². The zero-order valence-electron chi connectivity index (χ0n) is 13.3. The maximum Gasteiger partial charge on any atom is 0.303 e. The molecule has 0 aromatic carbocycles. The van der Waals surface area contributed by atoms with Crippen LogP contribution in [0.25, 0.3) is 0 Å². The molecule has 0 aromatic heterocycles. The van der Waals surface area contributed by atoms with Gasteiger partial charge in [0.25, 0.3) is 6.47 Å². The van der Waals surface area contributed by atoms with Crippen molar-refractivity contribution in [2.24, 2.45) is 0 Å². The van der Waals surface area contributed by atoms with Crippen LogP contribution in [-0.4, -0.2) is 30.4 Å². The average molecular weight is 308 g/mol. The highest BCUT2D eigenvalue weighted by Gasteiger charge is 2.37. The lowest BCUT2D eigenvalue weighted by molar-refractivity contribution is -0.157. The summed E-state index contributed by atoms with van der Waals surface area (Å²) in [5.74, 6) is -0.594. The summed E-state index contributed by atoms with van der Waals surface area (Å²) >= 11 is 0. The normalized spacial score (nSPS) is 20.5. The Balaban J connectivity index is 2.30. The molecule has 5 heteroatoms. The third kappa shape index (κ3) is 5.84. The van der Waals surface area contributed by atoms with Gasteiger partial charge in [0.05, 0.1) is 6.61 Å². The van der Waals surface area contributed by atoms with Gasteiger partial charge in [-0.25, -0.2) is 0 Å². The van der Waals surface area contributed by atoms with E-state index in [2.05, 4.69) is 4.74 Å². The topological polar surface area (TPSA) is 69.7 Å². The molecular formula is C17H24O5. The van der Waals surface area contributed by atoms with Crippen LogP contribution in [0.3, 0.4) is 0 Å². The van der Waals surface area contributed by atoms with Gasteiger partial charge < -0.3 is 9.47 Å². The summed E-state index contributed by atoms with van der Waals surface area (Å²) in [5.41, 5.74) is -0.460. The van der Waals surface area contributed by atoms with Crippen molar-refractivity contribution in [1.82, 2.24) is 0 Å². The molecule has 5 nitrogen and oxygen atoms in total. The van der Waals surface area contributed by atoms with E-state index in [1.54, 1.807) is 25.2 Å². The predicted molar refractivity (Wildman–Crippen MR) is 82.1 cm³/mol. The number of carbonyl (C=O) groups excluding carboxylic acids is 3. The van der Waals surface area contributed by atoms with Crippen molar-refractivity contribution < 1.29 is 23.9 Å². The first-order chi connectivity index (χ1) is 10.5. The van der Waals surface area contributed by atoms with E-state index in [4.69, 9.17) is 4.74 Å². The molecule has 22 heavy (non-hydrogen) atoms. The highest BCUT2D eigenvalue weighted by molar-refractivity contribution is 6.05. The second-order valence-corrected chi connectivity index (χ2v) is 5.57.